The van der Waals surface area contributed by atoms with E-state index in [0.29, 0.717) is 75.9 Å². The molecule has 22 heteroatoms. The van der Waals surface area contributed by atoms with Crippen LogP contribution in [0, 0.1) is 0 Å². The Kier molecular flexibility index (Phi) is 14.8. The Morgan fingerprint density at radius 2 is 1.42 bits per heavy atom. The first-order valence-electron chi connectivity index (χ1n) is 21.2. The van der Waals surface area contributed by atoms with Gasteiger partial charge in [0.05, 0.1) is 36.8 Å². The zero-order chi connectivity index (χ0) is 49.3. The molecule has 0 bridgehead atoms. The van der Waals surface area contributed by atoms with Gasteiger partial charge in [-0.15, -0.1) is 0 Å². The molecule has 0 aliphatic carbocycles. The highest BCUT2D eigenvalue weighted by Crippen LogP contribution is 2.49. The molecule has 0 amide bonds. The second-order valence-corrected chi connectivity index (χ2v) is 23.5. The van der Waals surface area contributed by atoms with Crippen LogP contribution in [0.5, 0.6) is 0 Å². The summed E-state index contributed by atoms with van der Waals surface area (Å²) in [6.07, 6.45) is 8.30. The summed E-state index contributed by atoms with van der Waals surface area (Å²) in [4.78, 5) is 12.5. The number of allylic oxidation sites excluding steroid dienone is 4. The molecule has 3 aliphatic rings. The maximum Gasteiger partial charge on any atom is 0.303 e. The molecule has 0 radical (unpaired) electrons. The summed E-state index contributed by atoms with van der Waals surface area (Å²) in [5.74, 6) is -1.56. The fourth-order valence-corrected chi connectivity index (χ4v) is 10.7. The zero-order valence-electron chi connectivity index (χ0n) is 37.2. The highest BCUT2D eigenvalue weighted by molar-refractivity contribution is 7.86. The van der Waals surface area contributed by atoms with Gasteiger partial charge in [0.25, 0.3) is 30.4 Å². The molecule has 0 spiro atoms. The first-order valence-corrected chi connectivity index (χ1v) is 27.2. The molecule has 0 unspecified atom stereocenters. The highest BCUT2D eigenvalue weighted by Gasteiger charge is 2.45. The minimum atomic E-state index is -4.57. The van der Waals surface area contributed by atoms with E-state index in [1.165, 1.54) is 24.3 Å². The molecule has 3 aromatic rings. The number of rotatable bonds is 20. The van der Waals surface area contributed by atoms with Crippen LogP contribution in [0.3, 0.4) is 0 Å². The smallest absolute Gasteiger partial charge is 0.303 e. The summed E-state index contributed by atoms with van der Waals surface area (Å²) in [5.41, 5.74) is 4.66. The number of anilines is 2. The molecule has 362 valence electrons. The standard InChI is InChI=1S/C45H53N3O15S4/c1-44(2)35-27-33(66(57,58)59)15-17-37(35)47(23-5-7-25-64(51,52)53)40(44)20-12-31-29-63-39(43(31)46-32-13-9-30(10-14-32)11-22-42(49)50)19-21-41-45(3,4)36-28-34(67(60,61)62)16-18-38(36)48(41)24-6-8-26-65(54,55)56/h9-10,12-21,27-28H,5-8,11,22-26,29H2,1-4H3,(H5,49,50,51,52,53,54,55,56,57,58,59,60,61,62)/b39-19-,41-21+. The van der Waals surface area contributed by atoms with Crippen LogP contribution in [0.4, 0.5) is 17.1 Å². The van der Waals surface area contributed by atoms with Crippen molar-refractivity contribution < 1.29 is 71.1 Å². The van der Waals surface area contributed by atoms with Gasteiger partial charge in [0.1, 0.15) is 18.9 Å². The van der Waals surface area contributed by atoms with Crippen LogP contribution >= 0.6 is 0 Å². The number of carboxylic acid groups (broad SMARTS) is 1. The van der Waals surface area contributed by atoms with E-state index >= 15 is 0 Å². The van der Waals surface area contributed by atoms with E-state index in [1.54, 1.807) is 48.6 Å². The summed E-state index contributed by atoms with van der Waals surface area (Å²) >= 11 is 0. The molecular formula is C45H53N3O15S4. The first kappa shape index (κ1) is 51.2. The van der Waals surface area contributed by atoms with Gasteiger partial charge in [-0.1, -0.05) is 26.0 Å². The van der Waals surface area contributed by atoms with Crippen LogP contribution < -0.4 is 10.2 Å². The SMILES string of the molecule is CC1(C)C(/C=C/C2=C(Nc3ccc(CCC(=O)O)cc3)C(=C/C=C3/N(CCCCS(=O)(=O)O)c4ccc(S(=O)(=O)O)cc4C3(C)C)/OC2)=[N+](CCCCS(=O)(=O)[O-])c2ccc(S(=O)(=O)O)cc21. The monoisotopic (exact) mass is 1000 g/mol. The average molecular weight is 1000 g/mol. The van der Waals surface area contributed by atoms with Crippen LogP contribution in [0.2, 0.25) is 0 Å². The largest absolute Gasteiger partial charge is 0.748 e. The zero-order valence-corrected chi connectivity index (χ0v) is 40.4. The Hall–Kier alpha value is -5.20. The molecule has 5 N–H and O–H groups in total. The lowest BCUT2D eigenvalue weighted by Gasteiger charge is -2.27. The maximum atomic E-state index is 12.2. The number of fused-ring (bicyclic) bond motifs is 2. The van der Waals surface area contributed by atoms with Crippen molar-refractivity contribution in [3.05, 3.63) is 124 Å². The molecule has 3 heterocycles. The number of nitrogens with one attached hydrogen (secondary N) is 1. The quantitative estimate of drug-likeness (QED) is 0.0487. The molecule has 3 aromatic carbocycles. The minimum Gasteiger partial charge on any atom is -0.748 e. The molecule has 0 aromatic heterocycles. The van der Waals surface area contributed by atoms with Gasteiger partial charge in [-0.3, -0.25) is 18.5 Å². The predicted molar refractivity (Wildman–Crippen MR) is 249 cm³/mol. The molecule has 0 fully saturated rings. The third-order valence-electron chi connectivity index (χ3n) is 12.0. The van der Waals surface area contributed by atoms with Crippen molar-refractivity contribution in [3.63, 3.8) is 0 Å². The summed E-state index contributed by atoms with van der Waals surface area (Å²) in [6, 6.07) is 15.7. The lowest BCUT2D eigenvalue weighted by Crippen LogP contribution is -2.28. The van der Waals surface area contributed by atoms with Gasteiger partial charge in [0.15, 0.2) is 5.71 Å². The third kappa shape index (κ3) is 12.3. The molecule has 3 aliphatic heterocycles. The normalized spacial score (nSPS) is 18.3. The third-order valence-corrected chi connectivity index (χ3v) is 15.3. The van der Waals surface area contributed by atoms with E-state index in [4.69, 9.17) is 4.74 Å². The maximum absolute atomic E-state index is 12.2. The van der Waals surface area contributed by atoms with Crippen LogP contribution in [0.15, 0.2) is 117 Å². The predicted octanol–water partition coefficient (Wildman–Crippen LogP) is 6.09. The number of hydrogen-bond donors (Lipinski definition) is 5. The molecule has 18 nitrogen and oxygen atoms in total. The van der Waals surface area contributed by atoms with Gasteiger partial charge < -0.3 is 24.6 Å². The van der Waals surface area contributed by atoms with E-state index in [0.717, 1.165) is 5.56 Å². The molecular weight excluding hydrogens is 951 g/mol. The Balaban J connectivity index is 1.45. The topological polar surface area (TPSA) is 285 Å². The number of unbranched alkanes of at least 4 members (excludes halogenated alkanes) is 2. The molecule has 0 saturated heterocycles. The van der Waals surface area contributed by atoms with Gasteiger partial charge in [0.2, 0.25) is 5.69 Å². The summed E-state index contributed by atoms with van der Waals surface area (Å²) in [7, 11) is -17.8. The van der Waals surface area contributed by atoms with Crippen LogP contribution in [-0.4, -0.2) is 104 Å². The molecule has 0 saturated carbocycles. The van der Waals surface area contributed by atoms with Crippen molar-refractivity contribution >= 4 is 69.2 Å². The number of ether oxygens (including phenoxy) is 1. The highest BCUT2D eigenvalue weighted by atomic mass is 32.2. The van der Waals surface area contributed by atoms with Crippen molar-refractivity contribution in [2.24, 2.45) is 0 Å². The average Bonchev–Trinajstić information content (AvgIpc) is 3.77. The Bertz CT molecular complexity index is 3080. The van der Waals surface area contributed by atoms with Gasteiger partial charge in [-0.25, -0.2) is 8.42 Å². The summed E-state index contributed by atoms with van der Waals surface area (Å²) in [5, 5.41) is 12.6. The molecule has 0 atom stereocenters. The second kappa shape index (κ2) is 19.4. The van der Waals surface area contributed by atoms with Gasteiger partial charge >= 0.3 is 5.97 Å². The Labute approximate surface area is 391 Å². The van der Waals surface area contributed by atoms with Crippen LogP contribution in [0.25, 0.3) is 0 Å². The van der Waals surface area contributed by atoms with E-state index in [-0.39, 0.29) is 48.7 Å². The number of hydrogen-bond acceptors (Lipinski definition) is 13. The van der Waals surface area contributed by atoms with Gasteiger partial charge in [0, 0.05) is 70.9 Å². The van der Waals surface area contributed by atoms with Crippen molar-refractivity contribution in [3.8, 4) is 0 Å². The van der Waals surface area contributed by atoms with E-state index in [1.807, 2.05) is 49.3 Å². The first-order chi connectivity index (χ1) is 31.1. The fraction of sp³-hybridized carbons (Fsp3) is 0.378. The van der Waals surface area contributed by atoms with E-state index in [2.05, 4.69) is 5.32 Å². The number of carboxylic acids is 1. The van der Waals surface area contributed by atoms with Crippen molar-refractivity contribution in [1.29, 1.82) is 0 Å². The van der Waals surface area contributed by atoms with Crippen LogP contribution in [-0.2, 0) is 67.3 Å². The Morgan fingerprint density at radius 1 is 0.791 bits per heavy atom. The minimum absolute atomic E-state index is 0.0535. The van der Waals surface area contributed by atoms with Gasteiger partial charge in [-0.2, -0.15) is 29.8 Å². The number of benzene rings is 3. The van der Waals surface area contributed by atoms with E-state index in [9.17, 15) is 61.8 Å². The fourth-order valence-electron chi connectivity index (χ4n) is 8.56. The second-order valence-electron chi connectivity index (χ2n) is 17.5. The lowest BCUT2D eigenvalue weighted by atomic mass is 9.81. The van der Waals surface area contributed by atoms with Crippen molar-refractivity contribution in [1.82, 2.24) is 0 Å². The van der Waals surface area contributed by atoms with Crippen LogP contribution in [0.1, 0.15) is 76.5 Å². The molecule has 6 rings (SSSR count). The van der Waals surface area contributed by atoms with Gasteiger partial charge in [-0.05, 0) is 111 Å². The molecule has 67 heavy (non-hydrogen) atoms. The van der Waals surface area contributed by atoms with E-state index < -0.39 is 68.8 Å². The van der Waals surface area contributed by atoms with Crippen molar-refractivity contribution in [2.75, 3.05) is 41.4 Å². The number of carbonyl (C=O) groups is 1. The number of nitrogens with zero attached hydrogens (tertiary/aromatic N) is 2. The number of aliphatic carboxylic acids is 1. The lowest BCUT2D eigenvalue weighted by molar-refractivity contribution is -0.438. The number of aryl methyl sites for hydroxylation is 1. The summed E-state index contributed by atoms with van der Waals surface area (Å²) < 4.78 is 143. The Morgan fingerprint density at radius 3 is 2.03 bits per heavy atom. The van der Waals surface area contributed by atoms with Crippen molar-refractivity contribution in [2.45, 2.75) is 86.8 Å². The summed E-state index contributed by atoms with van der Waals surface area (Å²) in [6.45, 7) is 8.09.